The van der Waals surface area contributed by atoms with Gasteiger partial charge in [0.05, 0.1) is 4.08 Å². The molecule has 1 amide bonds. The van der Waals surface area contributed by atoms with Crippen LogP contribution in [0.1, 0.15) is 118 Å². The molecule has 0 atom stereocenters. The Labute approximate surface area is 284 Å². The summed E-state index contributed by atoms with van der Waals surface area (Å²) in [5.41, 5.74) is 2.53. The Kier molecular flexibility index (Phi) is 11.3. The van der Waals surface area contributed by atoms with Gasteiger partial charge in [0.2, 0.25) is 5.91 Å². The van der Waals surface area contributed by atoms with Gasteiger partial charge in [0.25, 0.3) is 0 Å². The number of rotatable bonds is 8. The van der Waals surface area contributed by atoms with Crippen molar-refractivity contribution in [3.8, 4) is 11.5 Å². The first-order valence-electron chi connectivity index (χ1n) is 16.1. The molecule has 1 aliphatic rings. The van der Waals surface area contributed by atoms with Gasteiger partial charge in [-0.25, -0.2) is 4.79 Å². The number of carbonyl (C=O) groups excluding carboxylic acids is 1. The second kappa shape index (κ2) is 13.6. The molecule has 0 aromatic heterocycles. The van der Waals surface area contributed by atoms with Gasteiger partial charge < -0.3 is 25.0 Å². The molecule has 3 rings (SSSR count). The van der Waals surface area contributed by atoms with Crippen LogP contribution in [0, 0.1) is 0 Å². The van der Waals surface area contributed by atoms with Crippen LogP contribution in [0.4, 0.5) is 0 Å². The summed E-state index contributed by atoms with van der Waals surface area (Å²) in [5.74, 6) is -0.310. The zero-order valence-corrected chi connectivity index (χ0v) is 31.5. The molecule has 2 aromatic rings. The van der Waals surface area contributed by atoms with E-state index in [2.05, 4.69) is 107 Å². The first-order chi connectivity index (χ1) is 20.9. The highest BCUT2D eigenvalue weighted by atomic mass is 32.2. The second-order valence-corrected chi connectivity index (χ2v) is 19.7. The number of thioether (sulfide) groups is 2. The van der Waals surface area contributed by atoms with Crippen LogP contribution < -0.4 is 4.74 Å². The lowest BCUT2D eigenvalue weighted by Gasteiger charge is -2.41. The number of carboxylic acid groups (broad SMARTS) is 1. The summed E-state index contributed by atoms with van der Waals surface area (Å²) in [6.07, 6.45) is 1.38. The fraction of sp³-hybridized carbons (Fsp3) is 0.622. The molecule has 1 saturated heterocycles. The minimum absolute atomic E-state index is 0.261. The van der Waals surface area contributed by atoms with Crippen LogP contribution in [0.15, 0.2) is 34.1 Å². The van der Waals surface area contributed by atoms with Gasteiger partial charge in [0, 0.05) is 45.1 Å². The number of aliphatic carboxylic acids is 1. The summed E-state index contributed by atoms with van der Waals surface area (Å²) >= 11 is 3.57. The summed E-state index contributed by atoms with van der Waals surface area (Å²) in [4.78, 5) is 27.9. The number of ether oxygens (including phenoxy) is 1. The van der Waals surface area contributed by atoms with Crippen molar-refractivity contribution in [1.29, 1.82) is 0 Å². The van der Waals surface area contributed by atoms with Crippen molar-refractivity contribution < 1.29 is 29.6 Å². The first kappa shape index (κ1) is 38.1. The zero-order chi connectivity index (χ0) is 35.0. The summed E-state index contributed by atoms with van der Waals surface area (Å²) in [6, 6.07) is 8.52. The van der Waals surface area contributed by atoms with E-state index in [-0.39, 0.29) is 31.6 Å². The number of phenols is 1. The van der Waals surface area contributed by atoms with Crippen LogP contribution in [0.2, 0.25) is 0 Å². The number of benzene rings is 2. The van der Waals surface area contributed by atoms with Crippen LogP contribution in [0.5, 0.6) is 11.5 Å². The predicted molar refractivity (Wildman–Crippen MR) is 190 cm³/mol. The maximum atomic E-state index is 12.5. The molecular weight excluding hydrogens is 619 g/mol. The Morgan fingerprint density at radius 3 is 1.43 bits per heavy atom. The molecule has 0 bridgehead atoms. The Morgan fingerprint density at radius 2 is 1.11 bits per heavy atom. The van der Waals surface area contributed by atoms with Crippen LogP contribution in [-0.4, -0.2) is 62.5 Å². The molecular formula is C37H55NO6S2. The van der Waals surface area contributed by atoms with E-state index >= 15 is 0 Å². The average Bonchev–Trinajstić information content (AvgIpc) is 2.90. The summed E-state index contributed by atoms with van der Waals surface area (Å²) in [6.45, 7) is 25.5. The number of likely N-dealkylation sites (tertiary alicyclic amines) is 1. The minimum Gasteiger partial charge on any atom is -0.507 e. The van der Waals surface area contributed by atoms with Gasteiger partial charge in [0.1, 0.15) is 18.1 Å². The highest BCUT2D eigenvalue weighted by Gasteiger charge is 2.40. The zero-order valence-electron chi connectivity index (χ0n) is 29.9. The topological polar surface area (TPSA) is 107 Å². The van der Waals surface area contributed by atoms with E-state index in [1.807, 2.05) is 0 Å². The predicted octanol–water partition coefficient (Wildman–Crippen LogP) is 8.24. The Balaban J connectivity index is 2.23. The molecule has 2 aromatic carbocycles. The SMILES string of the molecule is CC(C)(C)c1cc(SC2(Sc3cc(C(C)(C)C)c(OCC(=O)O)c(C(C)(C)C)c3)CCN(C(=O)CO)CC2)cc(C(C)(C)C)c1O. The van der Waals surface area contributed by atoms with E-state index in [9.17, 15) is 24.9 Å². The Hall–Kier alpha value is -2.36. The molecule has 9 heteroatoms. The Morgan fingerprint density at radius 1 is 0.739 bits per heavy atom. The lowest BCUT2D eigenvalue weighted by atomic mass is 9.79. The number of piperidine rings is 1. The van der Waals surface area contributed by atoms with E-state index < -0.39 is 19.2 Å². The smallest absolute Gasteiger partial charge is 0.341 e. The number of carboxylic acids is 1. The molecule has 0 saturated carbocycles. The number of amides is 1. The number of aliphatic hydroxyl groups is 1. The fourth-order valence-corrected chi connectivity index (χ4v) is 8.81. The van der Waals surface area contributed by atoms with Gasteiger partial charge in [-0.3, -0.25) is 4.79 Å². The van der Waals surface area contributed by atoms with Crippen LogP contribution in [-0.2, 0) is 31.2 Å². The molecule has 3 N–H and O–H groups in total. The summed E-state index contributed by atoms with van der Waals surface area (Å²) in [5, 5.41) is 30.4. The molecule has 0 aliphatic carbocycles. The highest BCUT2D eigenvalue weighted by molar-refractivity contribution is 8.18. The Bertz CT molecular complexity index is 1360. The number of nitrogens with zero attached hydrogens (tertiary/aromatic N) is 1. The van der Waals surface area contributed by atoms with Gasteiger partial charge in [0.15, 0.2) is 6.61 Å². The van der Waals surface area contributed by atoms with Gasteiger partial charge >= 0.3 is 5.97 Å². The van der Waals surface area contributed by atoms with Crippen LogP contribution >= 0.6 is 23.5 Å². The van der Waals surface area contributed by atoms with E-state index in [1.165, 1.54) is 0 Å². The quantitative estimate of drug-likeness (QED) is 0.241. The van der Waals surface area contributed by atoms with Gasteiger partial charge in [-0.1, -0.05) is 83.1 Å². The molecule has 1 aliphatic heterocycles. The highest BCUT2D eigenvalue weighted by Crippen LogP contribution is 2.55. The molecule has 1 heterocycles. The van der Waals surface area contributed by atoms with Crippen molar-refractivity contribution in [2.75, 3.05) is 26.3 Å². The van der Waals surface area contributed by atoms with Crippen molar-refractivity contribution >= 4 is 35.4 Å². The number of carbonyl (C=O) groups is 2. The number of aliphatic hydroxyl groups excluding tert-OH is 1. The van der Waals surface area contributed by atoms with Gasteiger partial charge in [-0.2, -0.15) is 0 Å². The molecule has 1 fully saturated rings. The molecule has 256 valence electrons. The summed E-state index contributed by atoms with van der Waals surface area (Å²) < 4.78 is 5.64. The van der Waals surface area contributed by atoms with E-state index in [1.54, 1.807) is 28.4 Å². The van der Waals surface area contributed by atoms with Crippen molar-refractivity contribution in [1.82, 2.24) is 4.90 Å². The average molecular weight is 674 g/mol. The van der Waals surface area contributed by atoms with E-state index in [4.69, 9.17) is 4.74 Å². The van der Waals surface area contributed by atoms with E-state index in [0.717, 1.165) is 32.0 Å². The number of hydrogen-bond donors (Lipinski definition) is 3. The molecule has 7 nitrogen and oxygen atoms in total. The number of aromatic hydroxyl groups is 1. The lowest BCUT2D eigenvalue weighted by Crippen LogP contribution is -2.44. The number of phenolic OH excluding ortho intramolecular Hbond substituents is 1. The molecule has 0 unspecified atom stereocenters. The first-order valence-corrected chi connectivity index (χ1v) is 17.7. The molecule has 0 spiro atoms. The third kappa shape index (κ3) is 9.16. The molecule has 0 radical (unpaired) electrons. The van der Waals surface area contributed by atoms with Crippen molar-refractivity contribution in [3.05, 3.63) is 46.5 Å². The summed E-state index contributed by atoms with van der Waals surface area (Å²) in [7, 11) is 0. The van der Waals surface area contributed by atoms with Crippen molar-refractivity contribution in [3.63, 3.8) is 0 Å². The maximum absolute atomic E-state index is 12.5. The standard InChI is InChI=1S/C37H55NO6S2/c1-33(2,3)25-17-23(18-26(31(25)43)34(4,5)6)45-37(13-15-38(16-14-37)29(40)21-39)46-24-19-27(35(7,8)9)32(44-22-30(41)42)28(20-24)36(10,11)12/h17-20,39,43H,13-16,21-22H2,1-12H3,(H,41,42). The third-order valence-electron chi connectivity index (χ3n) is 8.34. The van der Waals surface area contributed by atoms with Gasteiger partial charge in [-0.05, 0) is 58.8 Å². The maximum Gasteiger partial charge on any atom is 0.341 e. The largest absolute Gasteiger partial charge is 0.507 e. The van der Waals surface area contributed by atoms with Crippen LogP contribution in [0.3, 0.4) is 0 Å². The van der Waals surface area contributed by atoms with E-state index in [0.29, 0.717) is 37.4 Å². The normalized spacial score (nSPS) is 16.0. The lowest BCUT2D eigenvalue weighted by molar-refractivity contribution is -0.139. The number of hydrogen-bond acceptors (Lipinski definition) is 7. The van der Waals surface area contributed by atoms with Crippen LogP contribution in [0.25, 0.3) is 0 Å². The van der Waals surface area contributed by atoms with Gasteiger partial charge in [-0.15, -0.1) is 23.5 Å². The van der Waals surface area contributed by atoms with Crippen molar-refractivity contribution in [2.24, 2.45) is 0 Å². The minimum atomic E-state index is -1.02. The fourth-order valence-electron chi connectivity index (χ4n) is 5.73. The monoisotopic (exact) mass is 673 g/mol. The molecule has 46 heavy (non-hydrogen) atoms. The second-order valence-electron chi connectivity index (χ2n) is 16.6. The van der Waals surface area contributed by atoms with Crippen molar-refractivity contribution in [2.45, 2.75) is 131 Å². The third-order valence-corrected chi connectivity index (χ3v) is 11.3.